The quantitative estimate of drug-likeness (QED) is 0.382. The summed E-state index contributed by atoms with van der Waals surface area (Å²) in [5, 5.41) is 12.5. The van der Waals surface area contributed by atoms with Crippen LogP contribution in [0.3, 0.4) is 0 Å². The van der Waals surface area contributed by atoms with Crippen LogP contribution in [-0.2, 0) is 11.8 Å². The minimum atomic E-state index is -0.295. The molecule has 3 heterocycles. The van der Waals surface area contributed by atoms with Crippen LogP contribution in [0.15, 0.2) is 48.8 Å². The number of hydrogen-bond acceptors (Lipinski definition) is 4. The van der Waals surface area contributed by atoms with Crippen molar-refractivity contribution >= 4 is 17.4 Å². The number of carbonyl (C=O) groups is 1. The van der Waals surface area contributed by atoms with Gasteiger partial charge in [0.1, 0.15) is 11.5 Å². The molecule has 0 spiro atoms. The third-order valence-electron chi connectivity index (χ3n) is 8.89. The van der Waals surface area contributed by atoms with Gasteiger partial charge in [-0.25, -0.2) is 13.9 Å². The average Bonchev–Trinajstić information content (AvgIpc) is 3.39. The fraction of sp³-hybridized carbons (Fsp3) is 0.448. The zero-order chi connectivity index (χ0) is 25.6. The number of nitrogens with zero attached hydrogens (tertiary/aromatic N) is 5. The Morgan fingerprint density at radius 3 is 2.41 bits per heavy atom. The second kappa shape index (κ2) is 7.49. The van der Waals surface area contributed by atoms with E-state index in [1.165, 1.54) is 31.4 Å². The summed E-state index contributed by atoms with van der Waals surface area (Å²) in [5.41, 5.74) is 4.01. The first-order valence-electron chi connectivity index (χ1n) is 13.1. The van der Waals surface area contributed by atoms with Crippen LogP contribution < -0.4 is 5.32 Å². The summed E-state index contributed by atoms with van der Waals surface area (Å²) in [4.78, 5) is 18.4. The lowest BCUT2D eigenvalue weighted by atomic mass is 9.40. The van der Waals surface area contributed by atoms with E-state index in [2.05, 4.69) is 29.2 Å². The van der Waals surface area contributed by atoms with Gasteiger partial charge in [0.05, 0.1) is 17.3 Å². The van der Waals surface area contributed by atoms with Crippen LogP contribution in [0.1, 0.15) is 52.4 Å². The number of halogens is 1. The van der Waals surface area contributed by atoms with Crippen LogP contribution in [0.2, 0.25) is 0 Å². The van der Waals surface area contributed by atoms with E-state index in [1.54, 1.807) is 27.5 Å². The molecule has 190 valence electrons. The first-order chi connectivity index (χ1) is 17.6. The van der Waals surface area contributed by atoms with E-state index in [1.807, 2.05) is 25.4 Å². The average molecular weight is 499 g/mol. The number of aromatic nitrogens is 5. The van der Waals surface area contributed by atoms with Gasteiger partial charge in [-0.15, -0.1) is 0 Å². The van der Waals surface area contributed by atoms with Crippen molar-refractivity contribution in [3.05, 3.63) is 54.6 Å². The van der Waals surface area contributed by atoms with Gasteiger partial charge in [-0.05, 0) is 91.7 Å². The number of benzene rings is 1. The molecule has 7 nitrogen and oxygen atoms in total. The molecule has 4 fully saturated rings. The molecule has 0 saturated heterocycles. The zero-order valence-corrected chi connectivity index (χ0v) is 21.5. The first-order valence-corrected chi connectivity index (χ1v) is 13.1. The Labute approximate surface area is 215 Å². The van der Waals surface area contributed by atoms with Crippen molar-refractivity contribution < 1.29 is 9.18 Å². The maximum atomic E-state index is 13.7. The Morgan fingerprint density at radius 2 is 1.70 bits per heavy atom. The van der Waals surface area contributed by atoms with Crippen molar-refractivity contribution in [1.82, 2.24) is 24.4 Å². The first kappa shape index (κ1) is 22.6. The van der Waals surface area contributed by atoms with Crippen molar-refractivity contribution in [2.75, 3.05) is 5.32 Å². The van der Waals surface area contributed by atoms with Crippen molar-refractivity contribution in [2.24, 2.45) is 29.2 Å². The number of aryl methyl sites for hydroxylation is 1. The lowest BCUT2D eigenvalue weighted by Crippen LogP contribution is -2.58. The molecule has 1 aromatic carbocycles. The monoisotopic (exact) mass is 498 g/mol. The lowest BCUT2D eigenvalue weighted by Gasteiger charge is -2.64. The minimum absolute atomic E-state index is 0.114. The van der Waals surface area contributed by atoms with Crippen molar-refractivity contribution in [3.63, 3.8) is 0 Å². The van der Waals surface area contributed by atoms with Crippen LogP contribution in [0.5, 0.6) is 0 Å². The largest absolute Gasteiger partial charge is 0.309 e. The summed E-state index contributed by atoms with van der Waals surface area (Å²) in [6.07, 6.45) is 10.4. The molecular weight excluding hydrogens is 467 g/mol. The molecular formula is C29H31FN6O. The van der Waals surface area contributed by atoms with E-state index >= 15 is 0 Å². The van der Waals surface area contributed by atoms with Crippen LogP contribution in [-0.4, -0.2) is 30.3 Å². The molecule has 2 unspecified atom stereocenters. The lowest BCUT2D eigenvalue weighted by molar-refractivity contribution is -0.165. The number of rotatable bonds is 4. The highest BCUT2D eigenvalue weighted by molar-refractivity contribution is 5.95. The van der Waals surface area contributed by atoms with E-state index < -0.39 is 0 Å². The Morgan fingerprint density at radius 1 is 0.973 bits per heavy atom. The summed E-state index contributed by atoms with van der Waals surface area (Å²) >= 11 is 0. The number of imidazole rings is 1. The highest BCUT2D eigenvalue weighted by Crippen LogP contribution is 2.69. The summed E-state index contributed by atoms with van der Waals surface area (Å²) in [6, 6.07) is 10.1. The molecule has 0 radical (unpaired) electrons. The standard InChI is InChI=1S/C29H31FN6O/c1-27-10-18-11-28(2,15-27)17-29(12-18,16-27)26(37)32-23-14-36-24(31-23)9-8-22(33-36)21-13-35(3)34-25(21)19-4-6-20(30)7-5-19/h4-9,13-14,18H,10-12,15-17H2,1-3H3,(H,32,37). The molecule has 1 N–H and O–H groups in total. The van der Waals surface area contributed by atoms with E-state index in [0.29, 0.717) is 17.4 Å². The van der Waals surface area contributed by atoms with Gasteiger partial charge in [0.25, 0.3) is 0 Å². The number of hydrogen-bond donors (Lipinski definition) is 1. The summed E-state index contributed by atoms with van der Waals surface area (Å²) in [6.45, 7) is 4.76. The molecule has 4 bridgehead atoms. The number of anilines is 1. The van der Waals surface area contributed by atoms with Gasteiger partial charge < -0.3 is 5.32 Å². The molecule has 0 aliphatic heterocycles. The van der Waals surface area contributed by atoms with Gasteiger partial charge in [-0.2, -0.15) is 10.2 Å². The third kappa shape index (κ3) is 3.68. The maximum absolute atomic E-state index is 13.7. The summed E-state index contributed by atoms with van der Waals surface area (Å²) in [5.74, 6) is 1.01. The number of amides is 1. The van der Waals surface area contributed by atoms with Gasteiger partial charge in [-0.1, -0.05) is 13.8 Å². The molecule has 8 rings (SSSR count). The van der Waals surface area contributed by atoms with Crippen LogP contribution in [0.4, 0.5) is 10.2 Å². The number of carbonyl (C=O) groups excluding carboxylic acids is 1. The predicted octanol–water partition coefficient (Wildman–Crippen LogP) is 5.87. The van der Waals surface area contributed by atoms with E-state index in [4.69, 9.17) is 5.10 Å². The molecule has 4 aliphatic rings. The van der Waals surface area contributed by atoms with Crippen molar-refractivity contribution in [3.8, 4) is 22.5 Å². The third-order valence-corrected chi connectivity index (χ3v) is 8.89. The Bertz CT molecular complexity index is 1530. The Kier molecular flexibility index (Phi) is 4.58. The second-order valence-electron chi connectivity index (χ2n) is 12.6. The van der Waals surface area contributed by atoms with E-state index in [9.17, 15) is 9.18 Å². The number of fused-ring (bicyclic) bond motifs is 1. The van der Waals surface area contributed by atoms with E-state index in [-0.39, 0.29) is 28.0 Å². The highest BCUT2D eigenvalue weighted by Gasteiger charge is 2.62. The van der Waals surface area contributed by atoms with Gasteiger partial charge >= 0.3 is 0 Å². The minimum Gasteiger partial charge on any atom is -0.309 e. The molecule has 37 heavy (non-hydrogen) atoms. The van der Waals surface area contributed by atoms with Crippen LogP contribution in [0.25, 0.3) is 28.2 Å². The SMILES string of the molecule is Cn1cc(-c2ccc3nc(NC(=O)C45CC6CC(C)(CC(C)(C6)C4)C5)cn3n2)c(-c2ccc(F)cc2)n1. The maximum Gasteiger partial charge on any atom is 0.231 e. The fourth-order valence-corrected chi connectivity index (χ4v) is 8.53. The van der Waals surface area contributed by atoms with Crippen LogP contribution in [0, 0.1) is 28.0 Å². The van der Waals surface area contributed by atoms with Gasteiger partial charge in [0.15, 0.2) is 11.5 Å². The molecule has 4 saturated carbocycles. The topological polar surface area (TPSA) is 77.1 Å². The molecule has 4 aliphatic carbocycles. The van der Waals surface area contributed by atoms with Crippen LogP contribution >= 0.6 is 0 Å². The van der Waals surface area contributed by atoms with Crippen molar-refractivity contribution in [2.45, 2.75) is 52.4 Å². The fourth-order valence-electron chi connectivity index (χ4n) is 8.53. The predicted molar refractivity (Wildman–Crippen MR) is 139 cm³/mol. The van der Waals surface area contributed by atoms with Crippen molar-refractivity contribution in [1.29, 1.82) is 0 Å². The number of nitrogens with one attached hydrogen (secondary N) is 1. The smallest absolute Gasteiger partial charge is 0.231 e. The normalized spacial score (nSPS) is 30.2. The highest BCUT2D eigenvalue weighted by atomic mass is 19.1. The summed E-state index contributed by atoms with van der Waals surface area (Å²) in [7, 11) is 1.85. The van der Waals surface area contributed by atoms with Gasteiger partial charge in [0.2, 0.25) is 5.91 Å². The molecule has 4 aromatic rings. The zero-order valence-electron chi connectivity index (χ0n) is 21.5. The Balaban J connectivity index is 1.18. The molecule has 2 atom stereocenters. The molecule has 1 amide bonds. The second-order valence-corrected chi connectivity index (χ2v) is 12.6. The van der Waals surface area contributed by atoms with E-state index in [0.717, 1.165) is 41.8 Å². The Hall–Kier alpha value is -3.55. The van der Waals surface area contributed by atoms with Gasteiger partial charge in [0, 0.05) is 24.4 Å². The summed E-state index contributed by atoms with van der Waals surface area (Å²) < 4.78 is 16.9. The molecule has 8 heteroatoms. The van der Waals surface area contributed by atoms with Gasteiger partial charge in [-0.3, -0.25) is 9.48 Å². The molecule has 3 aromatic heterocycles.